The first-order chi connectivity index (χ1) is 16.2. The summed E-state index contributed by atoms with van der Waals surface area (Å²) >= 11 is 0. The summed E-state index contributed by atoms with van der Waals surface area (Å²) < 4.78 is 15.7. The number of fused-ring (bicyclic) bond motifs is 1. The van der Waals surface area contributed by atoms with Crippen molar-refractivity contribution < 1.29 is 9.50 Å². The minimum atomic E-state index is -0.832. The van der Waals surface area contributed by atoms with Crippen molar-refractivity contribution in [1.82, 2.24) is 19.5 Å². The topological polar surface area (TPSA) is 114 Å². The molecule has 5 N–H and O–H groups in total. The highest BCUT2D eigenvalue weighted by Gasteiger charge is 2.20. The number of nitrogens with zero attached hydrogens (tertiary/aromatic N) is 4. The Balaban J connectivity index is 1.68. The monoisotopic (exact) mass is 463 g/mol. The van der Waals surface area contributed by atoms with Crippen molar-refractivity contribution in [1.29, 1.82) is 0 Å². The maximum Gasteiger partial charge on any atom is 0.226 e. The van der Waals surface area contributed by atoms with Crippen molar-refractivity contribution in [3.63, 3.8) is 0 Å². The maximum atomic E-state index is 13.7. The van der Waals surface area contributed by atoms with E-state index < -0.39 is 5.60 Å². The molecule has 0 radical (unpaired) electrons. The van der Waals surface area contributed by atoms with Crippen LogP contribution < -0.4 is 16.4 Å². The number of anilines is 3. The SMILES string of the molecule is CC(CC(C)(C)O)Nc1nc(NCc2cc(F)ccc2N)c2ncn(Cc3ccccc3)c2n1. The summed E-state index contributed by atoms with van der Waals surface area (Å²) in [6.45, 7) is 6.37. The number of aliphatic hydroxyl groups is 1. The molecule has 0 fully saturated rings. The summed E-state index contributed by atoms with van der Waals surface area (Å²) in [7, 11) is 0. The number of rotatable bonds is 9. The molecule has 0 saturated carbocycles. The van der Waals surface area contributed by atoms with Crippen molar-refractivity contribution in [2.75, 3.05) is 16.4 Å². The molecule has 0 aliphatic heterocycles. The summed E-state index contributed by atoms with van der Waals surface area (Å²) in [6, 6.07) is 14.3. The number of benzene rings is 2. The molecule has 2 heterocycles. The molecule has 9 heteroatoms. The highest BCUT2D eigenvalue weighted by atomic mass is 19.1. The molecule has 178 valence electrons. The van der Waals surface area contributed by atoms with Gasteiger partial charge in [0.2, 0.25) is 5.95 Å². The van der Waals surface area contributed by atoms with Gasteiger partial charge in [-0.05, 0) is 56.5 Å². The lowest BCUT2D eigenvalue weighted by molar-refractivity contribution is 0.0672. The van der Waals surface area contributed by atoms with Gasteiger partial charge in [0.05, 0.1) is 18.5 Å². The Morgan fingerprint density at radius 1 is 1.15 bits per heavy atom. The summed E-state index contributed by atoms with van der Waals surface area (Å²) in [6.07, 6.45) is 2.25. The third-order valence-electron chi connectivity index (χ3n) is 5.39. The third kappa shape index (κ3) is 5.79. The summed E-state index contributed by atoms with van der Waals surface area (Å²) in [5, 5.41) is 16.7. The van der Waals surface area contributed by atoms with E-state index in [0.717, 1.165) is 5.56 Å². The number of aromatic nitrogens is 4. The van der Waals surface area contributed by atoms with Crippen LogP contribution in [0, 0.1) is 5.82 Å². The lowest BCUT2D eigenvalue weighted by Crippen LogP contribution is -2.29. The van der Waals surface area contributed by atoms with Crippen LogP contribution in [0.15, 0.2) is 54.9 Å². The van der Waals surface area contributed by atoms with Crippen LogP contribution in [0.1, 0.15) is 38.3 Å². The van der Waals surface area contributed by atoms with Gasteiger partial charge in [-0.1, -0.05) is 30.3 Å². The second kappa shape index (κ2) is 9.64. The van der Waals surface area contributed by atoms with Gasteiger partial charge in [0.1, 0.15) is 5.82 Å². The lowest BCUT2D eigenvalue weighted by atomic mass is 10.0. The number of nitrogen functional groups attached to an aromatic ring is 1. The normalized spacial score (nSPS) is 12.6. The van der Waals surface area contributed by atoms with E-state index in [4.69, 9.17) is 10.7 Å². The zero-order valence-electron chi connectivity index (χ0n) is 19.6. The zero-order valence-corrected chi connectivity index (χ0v) is 19.6. The van der Waals surface area contributed by atoms with Gasteiger partial charge >= 0.3 is 0 Å². The Bertz CT molecular complexity index is 1270. The van der Waals surface area contributed by atoms with Crippen LogP contribution in [0.3, 0.4) is 0 Å². The highest BCUT2D eigenvalue weighted by molar-refractivity contribution is 5.84. The number of imidazole rings is 1. The first-order valence-corrected chi connectivity index (χ1v) is 11.2. The van der Waals surface area contributed by atoms with Gasteiger partial charge in [-0.2, -0.15) is 9.97 Å². The first kappa shape index (κ1) is 23.4. The van der Waals surface area contributed by atoms with E-state index >= 15 is 0 Å². The van der Waals surface area contributed by atoms with Crippen molar-refractivity contribution in [2.24, 2.45) is 0 Å². The van der Waals surface area contributed by atoms with Crippen LogP contribution >= 0.6 is 0 Å². The molecule has 0 saturated heterocycles. The fraction of sp³-hybridized carbons (Fsp3) is 0.320. The number of nitrogens with two attached hydrogens (primary N) is 1. The first-order valence-electron chi connectivity index (χ1n) is 11.2. The number of hydrogen-bond donors (Lipinski definition) is 4. The molecular formula is C25H30FN7O. The van der Waals surface area contributed by atoms with Gasteiger partial charge in [0.15, 0.2) is 17.0 Å². The fourth-order valence-corrected chi connectivity index (χ4v) is 3.95. The molecule has 0 aliphatic carbocycles. The average Bonchev–Trinajstić information content (AvgIpc) is 3.16. The second-order valence-corrected chi connectivity index (χ2v) is 9.18. The summed E-state index contributed by atoms with van der Waals surface area (Å²) in [5.74, 6) is 0.570. The molecule has 0 bridgehead atoms. The Kier molecular flexibility index (Phi) is 6.65. The van der Waals surface area contributed by atoms with Crippen molar-refractivity contribution in [3.05, 3.63) is 71.8 Å². The van der Waals surface area contributed by atoms with Crippen LogP contribution in [0.5, 0.6) is 0 Å². The lowest BCUT2D eigenvalue weighted by Gasteiger charge is -2.23. The van der Waals surface area contributed by atoms with E-state index in [-0.39, 0.29) is 18.4 Å². The van der Waals surface area contributed by atoms with Gasteiger partial charge in [-0.15, -0.1) is 0 Å². The van der Waals surface area contributed by atoms with Crippen molar-refractivity contribution in [3.8, 4) is 0 Å². The molecule has 2 aromatic carbocycles. The van der Waals surface area contributed by atoms with Gasteiger partial charge in [0, 0.05) is 18.3 Å². The Hall–Kier alpha value is -3.72. The number of nitrogens with one attached hydrogen (secondary N) is 2. The number of halogens is 1. The van der Waals surface area contributed by atoms with Crippen LogP contribution in [-0.4, -0.2) is 36.3 Å². The summed E-state index contributed by atoms with van der Waals surface area (Å²) in [5.41, 5.74) is 8.68. The van der Waals surface area contributed by atoms with Crippen LogP contribution in [-0.2, 0) is 13.1 Å². The van der Waals surface area contributed by atoms with Gasteiger partial charge < -0.3 is 26.0 Å². The average molecular weight is 464 g/mol. The van der Waals surface area contributed by atoms with Gasteiger partial charge in [-0.25, -0.2) is 9.37 Å². The molecule has 2 aromatic heterocycles. The van der Waals surface area contributed by atoms with Crippen molar-refractivity contribution in [2.45, 2.75) is 51.9 Å². The second-order valence-electron chi connectivity index (χ2n) is 9.18. The highest BCUT2D eigenvalue weighted by Crippen LogP contribution is 2.24. The smallest absolute Gasteiger partial charge is 0.226 e. The molecule has 4 aromatic rings. The molecule has 1 unspecified atom stereocenters. The summed E-state index contributed by atoms with van der Waals surface area (Å²) in [4.78, 5) is 13.9. The zero-order chi connectivity index (χ0) is 24.3. The molecular weight excluding hydrogens is 433 g/mol. The minimum Gasteiger partial charge on any atom is -0.398 e. The molecule has 34 heavy (non-hydrogen) atoms. The molecule has 0 amide bonds. The van der Waals surface area contributed by atoms with E-state index in [0.29, 0.717) is 47.1 Å². The predicted octanol–water partition coefficient (Wildman–Crippen LogP) is 4.17. The molecule has 0 aliphatic rings. The van der Waals surface area contributed by atoms with E-state index in [2.05, 4.69) is 20.6 Å². The molecule has 4 rings (SSSR count). The van der Waals surface area contributed by atoms with Gasteiger partial charge in [-0.3, -0.25) is 0 Å². The quantitative estimate of drug-likeness (QED) is 0.276. The molecule has 1 atom stereocenters. The number of hydrogen-bond acceptors (Lipinski definition) is 7. The Morgan fingerprint density at radius 2 is 1.91 bits per heavy atom. The largest absolute Gasteiger partial charge is 0.398 e. The third-order valence-corrected chi connectivity index (χ3v) is 5.39. The Morgan fingerprint density at radius 3 is 2.65 bits per heavy atom. The van der Waals surface area contributed by atoms with Gasteiger partial charge in [0.25, 0.3) is 0 Å². The maximum absolute atomic E-state index is 13.7. The van der Waals surface area contributed by atoms with E-state index in [9.17, 15) is 9.50 Å². The minimum absolute atomic E-state index is 0.0744. The Labute approximate surface area is 198 Å². The standard InChI is InChI=1S/C25H30FN7O/c1-16(12-25(2,3)34)30-24-31-22(28-13-18-11-19(26)9-10-20(18)27)21-23(32-24)33(15-29-21)14-17-7-5-4-6-8-17/h4-11,15-16,34H,12-14,27H2,1-3H3,(H2,28,30,31,32). The fourth-order valence-electron chi connectivity index (χ4n) is 3.95. The van der Waals surface area contributed by atoms with Crippen molar-refractivity contribution >= 4 is 28.6 Å². The van der Waals surface area contributed by atoms with Crippen LogP contribution in [0.4, 0.5) is 21.8 Å². The van der Waals surface area contributed by atoms with Crippen LogP contribution in [0.2, 0.25) is 0 Å². The van der Waals surface area contributed by atoms with E-state index in [1.807, 2.05) is 41.8 Å². The molecule has 8 nitrogen and oxygen atoms in total. The predicted molar refractivity (Wildman–Crippen MR) is 133 cm³/mol. The molecule has 0 spiro atoms. The van der Waals surface area contributed by atoms with E-state index in [1.165, 1.54) is 12.1 Å². The van der Waals surface area contributed by atoms with E-state index in [1.54, 1.807) is 26.2 Å². The van der Waals surface area contributed by atoms with Crippen LogP contribution in [0.25, 0.3) is 11.2 Å².